The highest BCUT2D eigenvalue weighted by Gasteiger charge is 2.26. The molecule has 1 heterocycles. The minimum atomic E-state index is 0.312. The lowest BCUT2D eigenvalue weighted by Crippen LogP contribution is -2.15. The van der Waals surface area contributed by atoms with Crippen molar-refractivity contribution in [2.45, 2.75) is 18.8 Å². The van der Waals surface area contributed by atoms with E-state index in [4.69, 9.17) is 28.9 Å². The molecule has 0 saturated carbocycles. The fourth-order valence-electron chi connectivity index (χ4n) is 3.38. The van der Waals surface area contributed by atoms with E-state index in [0.717, 1.165) is 29.7 Å². The van der Waals surface area contributed by atoms with E-state index in [0.29, 0.717) is 21.9 Å². The van der Waals surface area contributed by atoms with Crippen molar-refractivity contribution in [1.82, 2.24) is 9.97 Å². The van der Waals surface area contributed by atoms with Crippen LogP contribution >= 0.6 is 23.2 Å². The zero-order valence-corrected chi connectivity index (χ0v) is 14.3. The van der Waals surface area contributed by atoms with Crippen molar-refractivity contribution in [3.8, 4) is 11.3 Å². The lowest BCUT2D eigenvalue weighted by molar-refractivity contribution is 0.668. The summed E-state index contributed by atoms with van der Waals surface area (Å²) < 4.78 is 0. The molecule has 1 aliphatic carbocycles. The Morgan fingerprint density at radius 3 is 2.75 bits per heavy atom. The molecule has 120 valence electrons. The van der Waals surface area contributed by atoms with Crippen molar-refractivity contribution in [2.75, 3.05) is 5.73 Å². The van der Waals surface area contributed by atoms with Gasteiger partial charge in [0.25, 0.3) is 0 Å². The molecule has 3 nitrogen and oxygen atoms in total. The molecule has 5 heteroatoms. The van der Waals surface area contributed by atoms with Crippen molar-refractivity contribution in [1.29, 1.82) is 0 Å². The van der Waals surface area contributed by atoms with Gasteiger partial charge in [0.05, 0.1) is 15.7 Å². The highest BCUT2D eigenvalue weighted by Crippen LogP contribution is 2.40. The van der Waals surface area contributed by atoms with Crippen LogP contribution in [0.4, 0.5) is 5.95 Å². The molecule has 1 atom stereocenters. The highest BCUT2D eigenvalue weighted by atomic mass is 35.5. The third-order valence-corrected chi connectivity index (χ3v) is 5.21. The van der Waals surface area contributed by atoms with Gasteiger partial charge in [0.2, 0.25) is 5.95 Å². The van der Waals surface area contributed by atoms with Gasteiger partial charge in [-0.25, -0.2) is 9.97 Å². The normalized spacial score (nSPS) is 15.7. The summed E-state index contributed by atoms with van der Waals surface area (Å²) in [6, 6.07) is 14.2. The van der Waals surface area contributed by atoms with Gasteiger partial charge < -0.3 is 5.73 Å². The number of hydrogen-bond acceptors (Lipinski definition) is 3. The lowest BCUT2D eigenvalue weighted by atomic mass is 9.78. The Balaban J connectivity index is 1.75. The second kappa shape index (κ2) is 6.08. The molecule has 0 radical (unpaired) electrons. The summed E-state index contributed by atoms with van der Waals surface area (Å²) in [4.78, 5) is 8.61. The van der Waals surface area contributed by atoms with Crippen LogP contribution in [0.3, 0.4) is 0 Å². The molecule has 1 aromatic heterocycles. The van der Waals surface area contributed by atoms with Crippen LogP contribution in [0.1, 0.15) is 22.6 Å². The third kappa shape index (κ3) is 2.74. The molecule has 4 rings (SSSR count). The first-order valence-electron chi connectivity index (χ1n) is 7.76. The smallest absolute Gasteiger partial charge is 0.220 e. The summed E-state index contributed by atoms with van der Waals surface area (Å²) in [5, 5.41) is 1.17. The largest absolute Gasteiger partial charge is 0.368 e. The highest BCUT2D eigenvalue weighted by molar-refractivity contribution is 6.42. The summed E-state index contributed by atoms with van der Waals surface area (Å²) in [7, 11) is 0. The number of nitrogens with zero attached hydrogens (tertiary/aromatic N) is 2. The van der Waals surface area contributed by atoms with E-state index < -0.39 is 0 Å². The predicted octanol–water partition coefficient (Wildman–Crippen LogP) is 4.92. The summed E-state index contributed by atoms with van der Waals surface area (Å²) in [6.45, 7) is 0. The molecule has 0 saturated heterocycles. The Labute approximate surface area is 150 Å². The summed E-state index contributed by atoms with van der Waals surface area (Å²) in [5.74, 6) is 0.657. The predicted molar refractivity (Wildman–Crippen MR) is 98.5 cm³/mol. The molecule has 0 fully saturated rings. The quantitative estimate of drug-likeness (QED) is 0.709. The number of nitrogens with two attached hydrogens (primary N) is 1. The molecule has 0 spiro atoms. The molecule has 2 N–H and O–H groups in total. The van der Waals surface area contributed by atoms with Gasteiger partial charge in [-0.1, -0.05) is 53.5 Å². The molecule has 3 aromatic rings. The number of anilines is 1. The fraction of sp³-hybridized carbons (Fsp3) is 0.158. The van der Waals surface area contributed by atoms with Crippen LogP contribution in [0.25, 0.3) is 11.3 Å². The van der Waals surface area contributed by atoms with E-state index in [1.54, 1.807) is 0 Å². The number of aromatic nitrogens is 2. The van der Waals surface area contributed by atoms with Gasteiger partial charge in [-0.3, -0.25) is 0 Å². The van der Waals surface area contributed by atoms with Gasteiger partial charge in [-0.15, -0.1) is 0 Å². The van der Waals surface area contributed by atoms with E-state index in [9.17, 15) is 0 Å². The molecule has 2 aromatic carbocycles. The monoisotopic (exact) mass is 355 g/mol. The Hall–Kier alpha value is -2.10. The SMILES string of the molecule is Nc1ncc2c(n1)-c1ccccc1C(Cc1ccc(Cl)c(Cl)c1)C2. The molecular weight excluding hydrogens is 341 g/mol. The molecule has 0 amide bonds. The van der Waals surface area contributed by atoms with E-state index in [1.807, 2.05) is 30.5 Å². The van der Waals surface area contributed by atoms with E-state index >= 15 is 0 Å². The van der Waals surface area contributed by atoms with E-state index in [-0.39, 0.29) is 0 Å². The standard InChI is InChI=1S/C19H15Cl2N3/c20-16-6-5-11(8-17(16)21)7-12-9-13-10-23-19(22)24-18(13)15-4-2-1-3-14(12)15/h1-6,8,10,12H,7,9H2,(H2,22,23,24). The van der Waals surface area contributed by atoms with Crippen molar-refractivity contribution in [2.24, 2.45) is 0 Å². The van der Waals surface area contributed by atoms with Gasteiger partial charge in [0.1, 0.15) is 0 Å². The van der Waals surface area contributed by atoms with Crippen molar-refractivity contribution < 1.29 is 0 Å². The molecule has 1 aliphatic rings. The average molecular weight is 356 g/mol. The Morgan fingerprint density at radius 1 is 1.08 bits per heavy atom. The van der Waals surface area contributed by atoms with Gasteiger partial charge in [-0.2, -0.15) is 0 Å². The Morgan fingerprint density at radius 2 is 1.92 bits per heavy atom. The number of hydrogen-bond donors (Lipinski definition) is 1. The average Bonchev–Trinajstić information content (AvgIpc) is 2.59. The topological polar surface area (TPSA) is 51.8 Å². The summed E-state index contributed by atoms with van der Waals surface area (Å²) in [6.07, 6.45) is 3.61. The molecule has 24 heavy (non-hydrogen) atoms. The molecule has 0 aliphatic heterocycles. The second-order valence-corrected chi connectivity index (χ2v) is 6.86. The molecule has 0 bridgehead atoms. The van der Waals surface area contributed by atoms with E-state index in [1.165, 1.54) is 11.1 Å². The molecular formula is C19H15Cl2N3. The first-order valence-corrected chi connectivity index (χ1v) is 8.52. The minimum absolute atomic E-state index is 0.312. The summed E-state index contributed by atoms with van der Waals surface area (Å²) >= 11 is 12.2. The van der Waals surface area contributed by atoms with E-state index in [2.05, 4.69) is 28.2 Å². The van der Waals surface area contributed by atoms with Crippen molar-refractivity contribution >= 4 is 29.2 Å². The Kier molecular flexibility index (Phi) is 3.91. The van der Waals surface area contributed by atoms with Crippen molar-refractivity contribution in [3.05, 3.63) is 75.4 Å². The number of benzene rings is 2. The fourth-order valence-corrected chi connectivity index (χ4v) is 3.70. The summed E-state index contributed by atoms with van der Waals surface area (Å²) in [5.41, 5.74) is 11.5. The van der Waals surface area contributed by atoms with Crippen LogP contribution in [0.5, 0.6) is 0 Å². The second-order valence-electron chi connectivity index (χ2n) is 6.04. The van der Waals surface area contributed by atoms with Gasteiger partial charge in [0, 0.05) is 11.8 Å². The minimum Gasteiger partial charge on any atom is -0.368 e. The van der Waals surface area contributed by atoms with Crippen LogP contribution in [-0.2, 0) is 12.8 Å². The zero-order valence-electron chi connectivity index (χ0n) is 12.8. The van der Waals surface area contributed by atoms with Crippen LogP contribution in [0.15, 0.2) is 48.7 Å². The van der Waals surface area contributed by atoms with Gasteiger partial charge >= 0.3 is 0 Å². The van der Waals surface area contributed by atoms with Gasteiger partial charge in [-0.05, 0) is 47.6 Å². The number of rotatable bonds is 2. The maximum Gasteiger partial charge on any atom is 0.220 e. The number of halogens is 2. The third-order valence-electron chi connectivity index (χ3n) is 4.47. The maximum absolute atomic E-state index is 6.16. The number of fused-ring (bicyclic) bond motifs is 3. The van der Waals surface area contributed by atoms with Crippen LogP contribution < -0.4 is 5.73 Å². The van der Waals surface area contributed by atoms with Crippen molar-refractivity contribution in [3.63, 3.8) is 0 Å². The van der Waals surface area contributed by atoms with Crippen LogP contribution in [0, 0.1) is 0 Å². The lowest BCUT2D eigenvalue weighted by Gasteiger charge is -2.27. The Bertz CT molecular complexity index is 924. The first kappa shape index (κ1) is 15.4. The van der Waals surface area contributed by atoms with Gasteiger partial charge in [0.15, 0.2) is 0 Å². The maximum atomic E-state index is 6.16. The van der Waals surface area contributed by atoms with Crippen LogP contribution in [0.2, 0.25) is 10.0 Å². The van der Waals surface area contributed by atoms with Crippen LogP contribution in [-0.4, -0.2) is 9.97 Å². The number of nitrogen functional groups attached to an aromatic ring is 1. The first-order chi connectivity index (χ1) is 11.6. The molecule has 1 unspecified atom stereocenters. The zero-order chi connectivity index (χ0) is 16.7.